The normalized spacial score (nSPS) is 12.5. The summed E-state index contributed by atoms with van der Waals surface area (Å²) in [5.41, 5.74) is 2.85. The van der Waals surface area contributed by atoms with Crippen molar-refractivity contribution < 1.29 is 17.6 Å². The molecule has 8 heteroatoms. The number of sulfonamides is 1. The van der Waals surface area contributed by atoms with Crippen LogP contribution in [-0.4, -0.2) is 31.9 Å². The van der Waals surface area contributed by atoms with Gasteiger partial charge in [-0.05, 0) is 42.2 Å². The Morgan fingerprint density at radius 3 is 2.42 bits per heavy atom. The second-order valence-corrected chi connectivity index (χ2v) is 9.38. The van der Waals surface area contributed by atoms with Gasteiger partial charge in [-0.1, -0.05) is 60.7 Å². The van der Waals surface area contributed by atoms with Gasteiger partial charge in [0.25, 0.3) is 0 Å². The van der Waals surface area contributed by atoms with Crippen molar-refractivity contribution in [2.75, 3.05) is 6.54 Å². The van der Waals surface area contributed by atoms with Crippen molar-refractivity contribution in [1.82, 2.24) is 15.0 Å². The Balaban J connectivity index is 1.49. The van der Waals surface area contributed by atoms with Crippen molar-refractivity contribution in [3.05, 3.63) is 102 Å². The largest absolute Gasteiger partial charge is 0.361 e. The molecule has 3 N–H and O–H groups in total. The number of halogens is 1. The molecular weight excluding hydrogens is 441 g/mol. The highest BCUT2D eigenvalue weighted by atomic mass is 32.2. The fourth-order valence-electron chi connectivity index (χ4n) is 3.73. The quantitative estimate of drug-likeness (QED) is 0.353. The number of amides is 1. The van der Waals surface area contributed by atoms with Gasteiger partial charge >= 0.3 is 0 Å². The predicted octanol–water partition coefficient (Wildman–Crippen LogP) is 3.56. The molecule has 1 unspecified atom stereocenters. The first-order valence-corrected chi connectivity index (χ1v) is 12.1. The minimum Gasteiger partial charge on any atom is -0.361 e. The van der Waals surface area contributed by atoms with E-state index in [9.17, 15) is 17.6 Å². The van der Waals surface area contributed by atoms with E-state index in [4.69, 9.17) is 0 Å². The van der Waals surface area contributed by atoms with Gasteiger partial charge in [-0.15, -0.1) is 0 Å². The molecule has 0 aliphatic carbocycles. The highest BCUT2D eigenvalue weighted by Gasteiger charge is 2.27. The van der Waals surface area contributed by atoms with Crippen LogP contribution in [0.5, 0.6) is 0 Å². The molecule has 0 aliphatic heterocycles. The Kier molecular flexibility index (Phi) is 6.86. The van der Waals surface area contributed by atoms with E-state index in [2.05, 4.69) is 15.0 Å². The lowest BCUT2D eigenvalue weighted by Crippen LogP contribution is -2.48. The molecule has 3 aromatic carbocycles. The molecule has 170 valence electrons. The minimum atomic E-state index is -4.24. The first kappa shape index (κ1) is 22.7. The van der Waals surface area contributed by atoms with E-state index in [1.807, 2.05) is 60.8 Å². The molecule has 1 heterocycles. The molecule has 0 saturated carbocycles. The highest BCUT2D eigenvalue weighted by Crippen LogP contribution is 2.18. The number of rotatable bonds is 9. The van der Waals surface area contributed by atoms with E-state index in [0.29, 0.717) is 13.0 Å². The Labute approximate surface area is 191 Å². The fourth-order valence-corrected chi connectivity index (χ4v) is 5.01. The zero-order valence-electron chi connectivity index (χ0n) is 17.8. The van der Waals surface area contributed by atoms with Crippen LogP contribution in [0.25, 0.3) is 10.9 Å². The average molecular weight is 466 g/mol. The number of aromatic amines is 1. The van der Waals surface area contributed by atoms with Gasteiger partial charge in [0.15, 0.2) is 0 Å². The lowest BCUT2D eigenvalue weighted by molar-refractivity contribution is -0.122. The smallest absolute Gasteiger partial charge is 0.244 e. The standard InChI is InChI=1S/C25H24FN3O3S/c26-21-11-5-7-13-24(21)33(31,32)29-23(16-18-8-2-1-3-9-18)25(30)27-15-14-19-17-28-22-12-6-4-10-20(19)22/h1-13,17,23,28-29H,14-16H2,(H,27,30). The molecule has 0 radical (unpaired) electrons. The Morgan fingerprint density at radius 1 is 0.939 bits per heavy atom. The molecule has 0 bridgehead atoms. The summed E-state index contributed by atoms with van der Waals surface area (Å²) in [6, 6.07) is 20.9. The monoisotopic (exact) mass is 465 g/mol. The third-order valence-electron chi connectivity index (χ3n) is 5.39. The van der Waals surface area contributed by atoms with E-state index in [-0.39, 0.29) is 6.42 Å². The van der Waals surface area contributed by atoms with E-state index in [0.717, 1.165) is 28.1 Å². The summed E-state index contributed by atoms with van der Waals surface area (Å²) >= 11 is 0. The molecule has 4 rings (SSSR count). The van der Waals surface area contributed by atoms with Gasteiger partial charge in [0, 0.05) is 23.6 Å². The van der Waals surface area contributed by atoms with Gasteiger partial charge in [-0.3, -0.25) is 4.79 Å². The number of hydrogen-bond acceptors (Lipinski definition) is 3. The number of hydrogen-bond donors (Lipinski definition) is 3. The molecule has 0 fully saturated rings. The van der Waals surface area contributed by atoms with E-state index >= 15 is 0 Å². The number of nitrogens with one attached hydrogen (secondary N) is 3. The number of H-pyrrole nitrogens is 1. The number of benzene rings is 3. The predicted molar refractivity (Wildman–Crippen MR) is 126 cm³/mol. The Bertz CT molecular complexity index is 1350. The zero-order chi connectivity index (χ0) is 23.3. The Hall–Kier alpha value is -3.49. The second-order valence-electron chi connectivity index (χ2n) is 7.69. The second kappa shape index (κ2) is 9.97. The van der Waals surface area contributed by atoms with Crippen LogP contribution in [-0.2, 0) is 27.7 Å². The van der Waals surface area contributed by atoms with Crippen molar-refractivity contribution >= 4 is 26.8 Å². The highest BCUT2D eigenvalue weighted by molar-refractivity contribution is 7.89. The van der Waals surface area contributed by atoms with Crippen molar-refractivity contribution in [1.29, 1.82) is 0 Å². The maximum atomic E-state index is 14.1. The molecule has 33 heavy (non-hydrogen) atoms. The van der Waals surface area contributed by atoms with E-state index < -0.39 is 32.7 Å². The van der Waals surface area contributed by atoms with Crippen LogP contribution in [0.3, 0.4) is 0 Å². The summed E-state index contributed by atoms with van der Waals surface area (Å²) in [5.74, 6) is -1.35. The molecule has 1 aromatic heterocycles. The molecular formula is C25H24FN3O3S. The van der Waals surface area contributed by atoms with Crippen LogP contribution >= 0.6 is 0 Å². The zero-order valence-corrected chi connectivity index (χ0v) is 18.6. The van der Waals surface area contributed by atoms with Crippen LogP contribution < -0.4 is 10.0 Å². The van der Waals surface area contributed by atoms with Crippen LogP contribution in [0.15, 0.2) is 90.0 Å². The topological polar surface area (TPSA) is 91.1 Å². The van der Waals surface area contributed by atoms with Crippen LogP contribution in [0, 0.1) is 5.82 Å². The third kappa shape index (κ3) is 5.47. The molecule has 0 spiro atoms. The Morgan fingerprint density at radius 2 is 1.64 bits per heavy atom. The number of aromatic nitrogens is 1. The van der Waals surface area contributed by atoms with E-state index in [1.54, 1.807) is 0 Å². The maximum absolute atomic E-state index is 14.1. The summed E-state index contributed by atoms with van der Waals surface area (Å²) in [6.07, 6.45) is 2.61. The molecule has 4 aromatic rings. The van der Waals surface area contributed by atoms with Crippen molar-refractivity contribution in [2.45, 2.75) is 23.8 Å². The molecule has 6 nitrogen and oxygen atoms in total. The molecule has 1 amide bonds. The van der Waals surface area contributed by atoms with Crippen molar-refractivity contribution in [2.24, 2.45) is 0 Å². The lowest BCUT2D eigenvalue weighted by Gasteiger charge is -2.19. The number of carbonyl (C=O) groups is 1. The van der Waals surface area contributed by atoms with E-state index in [1.165, 1.54) is 18.2 Å². The summed E-state index contributed by atoms with van der Waals surface area (Å²) in [6.45, 7) is 0.327. The maximum Gasteiger partial charge on any atom is 0.244 e. The van der Waals surface area contributed by atoms with Crippen LogP contribution in [0.4, 0.5) is 4.39 Å². The first-order chi connectivity index (χ1) is 15.9. The molecule has 0 saturated heterocycles. The summed E-state index contributed by atoms with van der Waals surface area (Å²) < 4.78 is 42.2. The van der Waals surface area contributed by atoms with Gasteiger partial charge in [0.2, 0.25) is 15.9 Å². The van der Waals surface area contributed by atoms with Gasteiger partial charge in [0.1, 0.15) is 16.8 Å². The number of carbonyl (C=O) groups excluding carboxylic acids is 1. The van der Waals surface area contributed by atoms with Gasteiger partial charge in [-0.25, -0.2) is 12.8 Å². The summed E-state index contributed by atoms with van der Waals surface area (Å²) in [7, 11) is -4.24. The van der Waals surface area contributed by atoms with Crippen molar-refractivity contribution in [3.63, 3.8) is 0 Å². The minimum absolute atomic E-state index is 0.132. The van der Waals surface area contributed by atoms with Crippen molar-refractivity contribution in [3.8, 4) is 0 Å². The SMILES string of the molecule is O=C(NCCc1c[nH]c2ccccc12)C(Cc1ccccc1)NS(=O)(=O)c1ccccc1F. The molecule has 0 aliphatic rings. The summed E-state index contributed by atoms with van der Waals surface area (Å²) in [5, 5.41) is 3.90. The first-order valence-electron chi connectivity index (χ1n) is 10.6. The average Bonchev–Trinajstić information content (AvgIpc) is 3.22. The third-order valence-corrected chi connectivity index (χ3v) is 6.90. The fraction of sp³-hybridized carbons (Fsp3) is 0.160. The van der Waals surface area contributed by atoms with Crippen LogP contribution in [0.1, 0.15) is 11.1 Å². The van der Waals surface area contributed by atoms with Gasteiger partial charge in [0.05, 0.1) is 0 Å². The van der Waals surface area contributed by atoms with Gasteiger partial charge in [-0.2, -0.15) is 4.72 Å². The number of fused-ring (bicyclic) bond motifs is 1. The number of para-hydroxylation sites is 1. The summed E-state index contributed by atoms with van der Waals surface area (Å²) in [4.78, 5) is 15.7. The van der Waals surface area contributed by atoms with Crippen LogP contribution in [0.2, 0.25) is 0 Å². The lowest BCUT2D eigenvalue weighted by atomic mass is 10.1. The molecule has 1 atom stereocenters. The van der Waals surface area contributed by atoms with Gasteiger partial charge < -0.3 is 10.3 Å².